The molecule has 0 aliphatic heterocycles. The van der Waals surface area contributed by atoms with E-state index in [4.69, 9.17) is 0 Å². The number of aldehydes is 1. The minimum atomic E-state index is -1.59. The predicted octanol–water partition coefficient (Wildman–Crippen LogP) is 0.255. The molecule has 0 aromatic heterocycles. The lowest BCUT2D eigenvalue weighted by Gasteiger charge is -1.89. The topological polar surface area (TPSA) is 46.2 Å². The highest BCUT2D eigenvalue weighted by molar-refractivity contribution is 5.65. The highest BCUT2D eigenvalue weighted by Crippen LogP contribution is 1.71. The van der Waals surface area contributed by atoms with E-state index in [2.05, 4.69) is 0 Å². The van der Waals surface area contributed by atoms with Gasteiger partial charge in [0.25, 0.3) is 0 Å². The molecule has 0 fully saturated rings. The van der Waals surface area contributed by atoms with Gasteiger partial charge in [-0.05, 0) is 0 Å². The monoisotopic (exact) mass is 119 g/mol. The summed E-state index contributed by atoms with van der Waals surface area (Å²) in [5.41, 5.74) is 0. The first-order valence-corrected chi connectivity index (χ1v) is 2.14. The van der Waals surface area contributed by atoms with Gasteiger partial charge in [-0.3, -0.25) is 0 Å². The second-order valence-corrected chi connectivity index (χ2v) is 1.16. The molecule has 0 atom stereocenters. The van der Waals surface area contributed by atoms with E-state index in [1.54, 1.807) is 0 Å². The van der Waals surface area contributed by atoms with Gasteiger partial charge >= 0.3 is 6.16 Å². The van der Waals surface area contributed by atoms with Crippen molar-refractivity contribution in [2.24, 2.45) is 0 Å². The van der Waals surface area contributed by atoms with E-state index in [1.165, 1.54) is 0 Å². The van der Waals surface area contributed by atoms with Crippen molar-refractivity contribution in [1.29, 1.82) is 0 Å². The molecule has 0 unspecified atom stereocenters. The number of rotatable bonds is 3. The number of halogens is 1. The highest BCUT2D eigenvalue weighted by atomic mass is 19.1. The van der Waals surface area contributed by atoms with Crippen molar-refractivity contribution in [1.82, 2.24) is 5.32 Å². The average Bonchev–Trinajstić information content (AvgIpc) is 1.66. The minimum absolute atomic E-state index is 0.0822. The molecule has 0 aromatic rings. The molecule has 3 nitrogen and oxygen atoms in total. The zero-order valence-electron chi connectivity index (χ0n) is 4.19. The van der Waals surface area contributed by atoms with Gasteiger partial charge in [0.1, 0.15) is 6.29 Å². The standard InChI is InChI=1S/C4H6FNO2/c5-4(8)6-2-1-3-7/h3H,1-2H2,(H,6,8). The van der Waals surface area contributed by atoms with E-state index in [0.717, 1.165) is 0 Å². The summed E-state index contributed by atoms with van der Waals surface area (Å²) in [5, 5.41) is 1.81. The first kappa shape index (κ1) is 7.07. The molecule has 0 spiro atoms. The maximum absolute atomic E-state index is 11.2. The highest BCUT2D eigenvalue weighted by Gasteiger charge is 1.90. The summed E-state index contributed by atoms with van der Waals surface area (Å²) in [6.07, 6.45) is -0.821. The zero-order chi connectivity index (χ0) is 6.41. The van der Waals surface area contributed by atoms with Gasteiger partial charge in [-0.2, -0.15) is 0 Å². The van der Waals surface area contributed by atoms with Crippen LogP contribution in [0.15, 0.2) is 0 Å². The smallest absolute Gasteiger partial charge is 0.328 e. The van der Waals surface area contributed by atoms with Crippen molar-refractivity contribution >= 4 is 12.4 Å². The molecular formula is C4H6FNO2. The second-order valence-electron chi connectivity index (χ2n) is 1.16. The summed E-state index contributed by atoms with van der Waals surface area (Å²) in [6, 6.07) is 0. The van der Waals surface area contributed by atoms with Crippen molar-refractivity contribution in [2.75, 3.05) is 6.54 Å². The number of nitrogens with one attached hydrogen (secondary N) is 1. The Morgan fingerprint density at radius 1 is 1.75 bits per heavy atom. The summed E-state index contributed by atoms with van der Waals surface area (Å²) < 4.78 is 11.2. The van der Waals surface area contributed by atoms with Crippen molar-refractivity contribution < 1.29 is 14.0 Å². The number of hydrogen-bond donors (Lipinski definition) is 1. The van der Waals surface area contributed by atoms with Crippen LogP contribution in [0.3, 0.4) is 0 Å². The van der Waals surface area contributed by atoms with E-state index in [9.17, 15) is 14.0 Å². The molecule has 0 radical (unpaired) electrons. The Bertz CT molecular complexity index is 94.0. The molecule has 0 aliphatic carbocycles. The minimum Gasteiger partial charge on any atom is -0.328 e. The third-order valence-electron chi connectivity index (χ3n) is 0.526. The van der Waals surface area contributed by atoms with Gasteiger partial charge in [-0.25, -0.2) is 4.79 Å². The van der Waals surface area contributed by atoms with Gasteiger partial charge in [0, 0.05) is 13.0 Å². The fraction of sp³-hybridized carbons (Fsp3) is 0.500. The fourth-order valence-electron chi connectivity index (χ4n) is 0.229. The van der Waals surface area contributed by atoms with Gasteiger partial charge in [-0.15, -0.1) is 4.39 Å². The molecular weight excluding hydrogens is 113 g/mol. The lowest BCUT2D eigenvalue weighted by molar-refractivity contribution is -0.107. The van der Waals surface area contributed by atoms with Crippen LogP contribution in [-0.4, -0.2) is 19.0 Å². The van der Waals surface area contributed by atoms with Crippen molar-refractivity contribution in [2.45, 2.75) is 6.42 Å². The number of carbonyl (C=O) groups excluding carboxylic acids is 2. The summed E-state index contributed by atoms with van der Waals surface area (Å²) >= 11 is 0. The summed E-state index contributed by atoms with van der Waals surface area (Å²) in [5.74, 6) is 0. The van der Waals surface area contributed by atoms with E-state index < -0.39 is 6.16 Å². The van der Waals surface area contributed by atoms with Crippen molar-refractivity contribution in [3.05, 3.63) is 0 Å². The Morgan fingerprint density at radius 3 is 2.75 bits per heavy atom. The van der Waals surface area contributed by atoms with E-state index in [-0.39, 0.29) is 13.0 Å². The Morgan fingerprint density at radius 2 is 2.38 bits per heavy atom. The van der Waals surface area contributed by atoms with Crippen LogP contribution < -0.4 is 5.32 Å². The normalized spacial score (nSPS) is 8.12. The van der Waals surface area contributed by atoms with Crippen LogP contribution in [0.5, 0.6) is 0 Å². The quantitative estimate of drug-likeness (QED) is 0.250. The Balaban J connectivity index is 2.93. The lowest BCUT2D eigenvalue weighted by Crippen LogP contribution is -2.18. The Kier molecular flexibility index (Phi) is 3.74. The van der Waals surface area contributed by atoms with E-state index in [0.29, 0.717) is 6.29 Å². The van der Waals surface area contributed by atoms with Crippen LogP contribution in [0.4, 0.5) is 9.18 Å². The maximum Gasteiger partial charge on any atom is 0.397 e. The summed E-state index contributed by atoms with van der Waals surface area (Å²) in [7, 11) is 0. The summed E-state index contributed by atoms with van der Waals surface area (Å²) in [4.78, 5) is 18.9. The number of amides is 1. The van der Waals surface area contributed by atoms with Gasteiger partial charge in [-0.1, -0.05) is 0 Å². The lowest BCUT2D eigenvalue weighted by atomic mass is 10.5. The molecule has 0 heterocycles. The van der Waals surface area contributed by atoms with Gasteiger partial charge < -0.3 is 10.1 Å². The van der Waals surface area contributed by atoms with E-state index in [1.807, 2.05) is 5.32 Å². The van der Waals surface area contributed by atoms with Gasteiger partial charge in [0.15, 0.2) is 0 Å². The molecule has 4 heteroatoms. The SMILES string of the molecule is O=CCCNC(=O)F. The van der Waals surface area contributed by atoms with E-state index >= 15 is 0 Å². The molecule has 46 valence electrons. The molecule has 0 aromatic carbocycles. The third kappa shape index (κ3) is 5.07. The Hall–Kier alpha value is -0.930. The first-order valence-electron chi connectivity index (χ1n) is 2.14. The molecule has 0 bridgehead atoms. The molecule has 0 aliphatic rings. The Labute approximate surface area is 45.9 Å². The third-order valence-corrected chi connectivity index (χ3v) is 0.526. The molecule has 1 amide bonds. The van der Waals surface area contributed by atoms with Crippen LogP contribution in [0.1, 0.15) is 6.42 Å². The zero-order valence-corrected chi connectivity index (χ0v) is 4.19. The van der Waals surface area contributed by atoms with Crippen LogP contribution in [0.25, 0.3) is 0 Å². The molecule has 0 saturated heterocycles. The van der Waals surface area contributed by atoms with Gasteiger partial charge in [0.05, 0.1) is 0 Å². The first-order chi connectivity index (χ1) is 3.77. The molecule has 0 rings (SSSR count). The number of hydrogen-bond acceptors (Lipinski definition) is 2. The van der Waals surface area contributed by atoms with Crippen molar-refractivity contribution in [3.8, 4) is 0 Å². The predicted molar refractivity (Wildman–Crippen MR) is 25.2 cm³/mol. The molecule has 1 N–H and O–H groups in total. The largest absolute Gasteiger partial charge is 0.397 e. The fourth-order valence-corrected chi connectivity index (χ4v) is 0.229. The molecule has 0 saturated carbocycles. The average molecular weight is 119 g/mol. The van der Waals surface area contributed by atoms with Crippen LogP contribution in [-0.2, 0) is 4.79 Å². The summed E-state index contributed by atoms with van der Waals surface area (Å²) in [6.45, 7) is 0.0822. The van der Waals surface area contributed by atoms with Gasteiger partial charge in [0.2, 0.25) is 0 Å². The maximum atomic E-state index is 11.2. The van der Waals surface area contributed by atoms with Crippen molar-refractivity contribution in [3.63, 3.8) is 0 Å². The van der Waals surface area contributed by atoms with Crippen LogP contribution in [0.2, 0.25) is 0 Å². The van der Waals surface area contributed by atoms with Crippen LogP contribution in [0, 0.1) is 0 Å². The molecule has 8 heavy (non-hydrogen) atoms. The second kappa shape index (κ2) is 4.23. The van der Waals surface area contributed by atoms with Crippen LogP contribution >= 0.6 is 0 Å². The number of carbonyl (C=O) groups is 2.